The fraction of sp³-hybridized carbons (Fsp3) is 0.429. The summed E-state index contributed by atoms with van der Waals surface area (Å²) >= 11 is 0. The lowest BCUT2D eigenvalue weighted by Crippen LogP contribution is -2.08. The highest BCUT2D eigenvalue weighted by Crippen LogP contribution is 2.37. The molecule has 1 aliphatic heterocycles. The van der Waals surface area contributed by atoms with Crippen LogP contribution in [0.2, 0.25) is 0 Å². The van der Waals surface area contributed by atoms with Crippen LogP contribution in [0.1, 0.15) is 24.0 Å². The number of hydrogen-bond donors (Lipinski definition) is 1. The van der Waals surface area contributed by atoms with Gasteiger partial charge >= 0.3 is 5.69 Å². The Bertz CT molecular complexity index is 562. The fourth-order valence-electron chi connectivity index (χ4n) is 2.30. The van der Waals surface area contributed by atoms with E-state index in [1.54, 1.807) is 6.07 Å². The molecule has 1 aromatic rings. The van der Waals surface area contributed by atoms with Crippen LogP contribution in [-0.2, 0) is 0 Å². The van der Waals surface area contributed by atoms with E-state index in [4.69, 9.17) is 4.74 Å². The Morgan fingerprint density at radius 1 is 1.42 bits per heavy atom. The van der Waals surface area contributed by atoms with Crippen LogP contribution in [0.4, 0.5) is 5.69 Å². The van der Waals surface area contributed by atoms with Gasteiger partial charge in [-0.25, -0.2) is 0 Å². The first-order valence-electron chi connectivity index (χ1n) is 6.51. The number of nitro benzene ring substituents is 1. The Morgan fingerprint density at radius 2 is 2.21 bits per heavy atom. The number of ether oxygens (including phenoxy) is 1. The molecule has 5 heteroatoms. The first kappa shape index (κ1) is 12.2. The monoisotopic (exact) mass is 260 g/mol. The van der Waals surface area contributed by atoms with Crippen LogP contribution >= 0.6 is 0 Å². The van der Waals surface area contributed by atoms with Gasteiger partial charge in [0.05, 0.1) is 11.0 Å². The highest BCUT2D eigenvalue weighted by molar-refractivity contribution is 5.74. The molecule has 2 aliphatic rings. The second kappa shape index (κ2) is 4.66. The van der Waals surface area contributed by atoms with Gasteiger partial charge in [0.1, 0.15) is 0 Å². The molecule has 1 saturated carbocycles. The van der Waals surface area contributed by atoms with Crippen molar-refractivity contribution in [2.75, 3.05) is 13.1 Å². The number of rotatable bonds is 4. The molecular formula is C14H16N2O3. The summed E-state index contributed by atoms with van der Waals surface area (Å²) < 4.78 is 5.68. The summed E-state index contributed by atoms with van der Waals surface area (Å²) in [6.45, 7) is 3.56. The van der Waals surface area contributed by atoms with Crippen LogP contribution in [0.25, 0.3) is 5.57 Å². The van der Waals surface area contributed by atoms with Crippen LogP contribution in [0.5, 0.6) is 5.75 Å². The average Bonchev–Trinajstić information content (AvgIpc) is 3.02. The van der Waals surface area contributed by atoms with Crippen molar-refractivity contribution in [2.45, 2.75) is 25.9 Å². The summed E-state index contributed by atoms with van der Waals surface area (Å²) in [6, 6.07) is 3.44. The topological polar surface area (TPSA) is 64.4 Å². The third-order valence-electron chi connectivity index (χ3n) is 3.47. The molecule has 0 bridgehead atoms. The number of aryl methyl sites for hydroxylation is 1. The van der Waals surface area contributed by atoms with Crippen molar-refractivity contribution in [3.05, 3.63) is 39.4 Å². The third-order valence-corrected chi connectivity index (χ3v) is 3.47. The highest BCUT2D eigenvalue weighted by atomic mass is 16.6. The summed E-state index contributed by atoms with van der Waals surface area (Å²) in [7, 11) is 0. The van der Waals surface area contributed by atoms with E-state index in [0.717, 1.165) is 37.1 Å². The molecule has 1 aromatic carbocycles. The molecule has 1 aliphatic carbocycles. The van der Waals surface area contributed by atoms with Gasteiger partial charge in [-0.15, -0.1) is 0 Å². The van der Waals surface area contributed by atoms with Gasteiger partial charge in [0, 0.05) is 19.2 Å². The van der Waals surface area contributed by atoms with Crippen LogP contribution in [0.3, 0.4) is 0 Å². The van der Waals surface area contributed by atoms with Gasteiger partial charge in [-0.1, -0.05) is 6.08 Å². The third kappa shape index (κ3) is 2.46. The molecular weight excluding hydrogens is 244 g/mol. The maximum atomic E-state index is 11.1. The van der Waals surface area contributed by atoms with Gasteiger partial charge in [-0.05, 0) is 42.5 Å². The molecule has 0 unspecified atom stereocenters. The molecule has 0 spiro atoms. The van der Waals surface area contributed by atoms with E-state index in [1.807, 2.05) is 13.0 Å². The predicted octanol–water partition coefficient (Wildman–Crippen LogP) is 2.43. The fourth-order valence-corrected chi connectivity index (χ4v) is 2.30. The number of nitrogens with zero attached hydrogens (tertiary/aromatic N) is 1. The van der Waals surface area contributed by atoms with E-state index in [-0.39, 0.29) is 16.7 Å². The van der Waals surface area contributed by atoms with Gasteiger partial charge in [0.15, 0.2) is 5.75 Å². The predicted molar refractivity (Wildman–Crippen MR) is 72.3 cm³/mol. The smallest absolute Gasteiger partial charge is 0.311 e. The first-order chi connectivity index (χ1) is 9.15. The van der Waals surface area contributed by atoms with E-state index in [2.05, 4.69) is 11.4 Å². The molecule has 0 saturated heterocycles. The van der Waals surface area contributed by atoms with Crippen molar-refractivity contribution in [2.24, 2.45) is 0 Å². The van der Waals surface area contributed by atoms with Crippen molar-refractivity contribution in [1.29, 1.82) is 0 Å². The van der Waals surface area contributed by atoms with Crippen molar-refractivity contribution in [1.82, 2.24) is 5.32 Å². The molecule has 3 rings (SSSR count). The minimum atomic E-state index is -0.365. The van der Waals surface area contributed by atoms with Crippen molar-refractivity contribution in [3.8, 4) is 5.75 Å². The SMILES string of the molecule is Cc1cc([N+](=O)[O-])c(OC2CC2)cc1C1=CCNC1. The van der Waals surface area contributed by atoms with E-state index in [1.165, 1.54) is 5.57 Å². The molecule has 1 heterocycles. The average molecular weight is 260 g/mol. The molecule has 0 radical (unpaired) electrons. The molecule has 1 N–H and O–H groups in total. The lowest BCUT2D eigenvalue weighted by molar-refractivity contribution is -0.386. The van der Waals surface area contributed by atoms with Crippen molar-refractivity contribution < 1.29 is 9.66 Å². The molecule has 0 amide bonds. The molecule has 0 atom stereocenters. The Kier molecular flexibility index (Phi) is 2.98. The largest absolute Gasteiger partial charge is 0.483 e. The lowest BCUT2D eigenvalue weighted by Gasteiger charge is -2.11. The quantitative estimate of drug-likeness (QED) is 0.667. The van der Waals surface area contributed by atoms with E-state index >= 15 is 0 Å². The van der Waals surface area contributed by atoms with Gasteiger partial charge in [-0.2, -0.15) is 0 Å². The Labute approximate surface area is 111 Å². The van der Waals surface area contributed by atoms with Crippen LogP contribution in [0, 0.1) is 17.0 Å². The number of hydrogen-bond acceptors (Lipinski definition) is 4. The van der Waals surface area contributed by atoms with Crippen molar-refractivity contribution in [3.63, 3.8) is 0 Å². The summed E-state index contributed by atoms with van der Waals surface area (Å²) in [5.41, 5.74) is 3.23. The lowest BCUT2D eigenvalue weighted by atomic mass is 10.00. The van der Waals surface area contributed by atoms with Gasteiger partial charge in [-0.3, -0.25) is 10.1 Å². The number of benzene rings is 1. The number of nitrogens with one attached hydrogen (secondary N) is 1. The zero-order chi connectivity index (χ0) is 13.4. The molecule has 0 aromatic heterocycles. The Hall–Kier alpha value is -1.88. The van der Waals surface area contributed by atoms with Crippen LogP contribution < -0.4 is 10.1 Å². The van der Waals surface area contributed by atoms with Gasteiger partial charge in [0.25, 0.3) is 0 Å². The summed E-state index contributed by atoms with van der Waals surface area (Å²) in [5, 5.41) is 14.3. The summed E-state index contributed by atoms with van der Waals surface area (Å²) in [4.78, 5) is 10.7. The molecule has 1 fully saturated rings. The van der Waals surface area contributed by atoms with Crippen LogP contribution in [-0.4, -0.2) is 24.1 Å². The van der Waals surface area contributed by atoms with Crippen LogP contribution in [0.15, 0.2) is 18.2 Å². The Balaban J connectivity index is 2.02. The van der Waals surface area contributed by atoms with Gasteiger partial charge in [0.2, 0.25) is 0 Å². The van der Waals surface area contributed by atoms with E-state index < -0.39 is 0 Å². The second-order valence-electron chi connectivity index (χ2n) is 5.07. The molecule has 100 valence electrons. The van der Waals surface area contributed by atoms with E-state index in [9.17, 15) is 10.1 Å². The van der Waals surface area contributed by atoms with E-state index in [0.29, 0.717) is 5.75 Å². The summed E-state index contributed by atoms with van der Waals surface area (Å²) in [6.07, 6.45) is 4.26. The van der Waals surface area contributed by atoms with Gasteiger partial charge < -0.3 is 10.1 Å². The maximum absolute atomic E-state index is 11.1. The minimum absolute atomic E-state index is 0.0692. The molecule has 19 heavy (non-hydrogen) atoms. The van der Waals surface area contributed by atoms with Crippen molar-refractivity contribution >= 4 is 11.3 Å². The normalized spacial score (nSPS) is 18.3. The summed E-state index contributed by atoms with van der Waals surface area (Å²) in [5.74, 6) is 0.404. The highest BCUT2D eigenvalue weighted by Gasteiger charge is 2.28. The Morgan fingerprint density at radius 3 is 2.79 bits per heavy atom. The maximum Gasteiger partial charge on any atom is 0.311 e. The second-order valence-corrected chi connectivity index (χ2v) is 5.07. The zero-order valence-corrected chi connectivity index (χ0v) is 10.8. The number of nitro groups is 1. The zero-order valence-electron chi connectivity index (χ0n) is 10.8. The molecule has 5 nitrogen and oxygen atoms in total. The standard InChI is InChI=1S/C14H16N2O3/c1-9-6-13(16(17)18)14(19-11-2-3-11)7-12(9)10-4-5-15-8-10/h4,6-7,11,15H,2-3,5,8H2,1H3. The first-order valence-corrected chi connectivity index (χ1v) is 6.51. The minimum Gasteiger partial charge on any atom is -0.483 e.